The zero-order valence-corrected chi connectivity index (χ0v) is 14.9. The van der Waals surface area contributed by atoms with Gasteiger partial charge in [-0.15, -0.1) is 0 Å². The molecule has 5 rings (SSSR count). The van der Waals surface area contributed by atoms with Crippen LogP contribution in [0.1, 0.15) is 64.2 Å². The van der Waals surface area contributed by atoms with E-state index in [2.05, 4.69) is 10.2 Å². The summed E-state index contributed by atoms with van der Waals surface area (Å²) in [5.41, 5.74) is 0. The van der Waals surface area contributed by atoms with Crippen molar-refractivity contribution in [3.63, 3.8) is 0 Å². The van der Waals surface area contributed by atoms with Gasteiger partial charge in [0.25, 0.3) is 0 Å². The van der Waals surface area contributed by atoms with Crippen LogP contribution in [0.25, 0.3) is 0 Å². The van der Waals surface area contributed by atoms with Gasteiger partial charge in [-0.3, -0.25) is 19.6 Å². The molecule has 0 bridgehead atoms. The van der Waals surface area contributed by atoms with E-state index in [1.165, 1.54) is 51.4 Å². The summed E-state index contributed by atoms with van der Waals surface area (Å²) >= 11 is 0. The van der Waals surface area contributed by atoms with Gasteiger partial charge in [-0.1, -0.05) is 38.5 Å². The van der Waals surface area contributed by atoms with Gasteiger partial charge < -0.3 is 5.32 Å². The summed E-state index contributed by atoms with van der Waals surface area (Å²) < 4.78 is 0. The molecule has 3 saturated heterocycles. The van der Waals surface area contributed by atoms with Gasteiger partial charge in [0.1, 0.15) is 6.17 Å². The highest BCUT2D eigenvalue weighted by molar-refractivity contribution is 5.85. The first-order chi connectivity index (χ1) is 12.2. The van der Waals surface area contributed by atoms with Crippen molar-refractivity contribution in [2.45, 2.75) is 88.6 Å². The van der Waals surface area contributed by atoms with Gasteiger partial charge in [0, 0.05) is 12.1 Å². The van der Waals surface area contributed by atoms with Crippen LogP contribution in [-0.2, 0) is 0 Å². The molecule has 2 aliphatic carbocycles. The van der Waals surface area contributed by atoms with Crippen molar-refractivity contribution in [1.29, 1.82) is 0 Å². The molecule has 0 aromatic heterocycles. The summed E-state index contributed by atoms with van der Waals surface area (Å²) in [6.45, 7) is 1.35. The lowest BCUT2D eigenvalue weighted by Crippen LogP contribution is -2.62. The minimum atomic E-state index is -0.156. The maximum Gasteiger partial charge on any atom is 0.324 e. The third kappa shape index (κ3) is 2.42. The molecule has 5 fully saturated rings. The number of amides is 4. The van der Waals surface area contributed by atoms with E-state index in [4.69, 9.17) is 0 Å². The van der Waals surface area contributed by atoms with Gasteiger partial charge in [0.05, 0.1) is 13.3 Å². The Morgan fingerprint density at radius 2 is 1.36 bits per heavy atom. The van der Waals surface area contributed by atoms with Gasteiger partial charge >= 0.3 is 12.1 Å². The summed E-state index contributed by atoms with van der Waals surface area (Å²) in [7, 11) is 0. The Balaban J connectivity index is 1.40. The highest BCUT2D eigenvalue weighted by Gasteiger charge is 2.59. The van der Waals surface area contributed by atoms with Crippen molar-refractivity contribution in [3.8, 4) is 0 Å². The Kier molecular flexibility index (Phi) is 3.80. The normalized spacial score (nSPS) is 34.6. The molecule has 1 N–H and O–H groups in total. The summed E-state index contributed by atoms with van der Waals surface area (Å²) in [5, 5.41) is 3.11. The van der Waals surface area contributed by atoms with Crippen LogP contribution in [-0.4, -0.2) is 69.4 Å². The van der Waals surface area contributed by atoms with Gasteiger partial charge in [0.2, 0.25) is 0 Å². The Labute approximate surface area is 149 Å². The average Bonchev–Trinajstić information content (AvgIpc) is 3.13. The van der Waals surface area contributed by atoms with Crippen molar-refractivity contribution in [1.82, 2.24) is 24.9 Å². The number of urea groups is 2. The van der Waals surface area contributed by atoms with Crippen LogP contribution in [0.4, 0.5) is 9.59 Å². The first-order valence-corrected chi connectivity index (χ1v) is 10.1. The van der Waals surface area contributed by atoms with E-state index in [0.29, 0.717) is 25.4 Å². The molecule has 4 amide bonds. The highest BCUT2D eigenvalue weighted by atomic mass is 16.2. The highest BCUT2D eigenvalue weighted by Crippen LogP contribution is 2.38. The number of carbonyl (C=O) groups excluding carboxylic acids is 2. The molecule has 7 nitrogen and oxygen atoms in total. The van der Waals surface area contributed by atoms with Crippen LogP contribution < -0.4 is 5.32 Å². The maximum absolute atomic E-state index is 13.2. The fraction of sp³-hybridized carbons (Fsp3) is 0.889. The SMILES string of the molecule is O=C1NC2C3N1CN(C1CCCCC1)CN3C(=O)N2C1CCCCC1. The second-order valence-electron chi connectivity index (χ2n) is 8.39. The largest absolute Gasteiger partial charge is 0.324 e. The third-order valence-corrected chi connectivity index (χ3v) is 6.95. The van der Waals surface area contributed by atoms with E-state index in [0.717, 1.165) is 12.8 Å². The minimum Gasteiger partial charge on any atom is -0.314 e. The Morgan fingerprint density at radius 3 is 2.04 bits per heavy atom. The average molecular weight is 347 g/mol. The minimum absolute atomic E-state index is 0.00572. The summed E-state index contributed by atoms with van der Waals surface area (Å²) in [6.07, 6.45) is 11.8. The molecule has 7 heteroatoms. The van der Waals surface area contributed by atoms with E-state index >= 15 is 0 Å². The van der Waals surface area contributed by atoms with Crippen molar-refractivity contribution in [2.75, 3.05) is 13.3 Å². The molecule has 2 saturated carbocycles. The van der Waals surface area contributed by atoms with E-state index in [1.54, 1.807) is 0 Å². The van der Waals surface area contributed by atoms with Crippen molar-refractivity contribution >= 4 is 12.1 Å². The van der Waals surface area contributed by atoms with Gasteiger partial charge in [-0.05, 0) is 25.7 Å². The number of carbonyl (C=O) groups is 2. The predicted molar refractivity (Wildman–Crippen MR) is 92.3 cm³/mol. The van der Waals surface area contributed by atoms with E-state index < -0.39 is 0 Å². The number of rotatable bonds is 2. The zero-order valence-electron chi connectivity index (χ0n) is 14.9. The fourth-order valence-electron chi connectivity index (χ4n) is 5.65. The smallest absolute Gasteiger partial charge is 0.314 e. The second-order valence-corrected chi connectivity index (χ2v) is 8.39. The van der Waals surface area contributed by atoms with Crippen LogP contribution in [0.2, 0.25) is 0 Å². The number of hydrogen-bond donors (Lipinski definition) is 1. The molecule has 0 aromatic carbocycles. The lowest BCUT2D eigenvalue weighted by atomic mass is 9.94. The van der Waals surface area contributed by atoms with Crippen LogP contribution >= 0.6 is 0 Å². The van der Waals surface area contributed by atoms with Crippen molar-refractivity contribution in [3.05, 3.63) is 0 Å². The number of hydrogen-bond acceptors (Lipinski definition) is 3. The molecular formula is C18H29N5O2. The van der Waals surface area contributed by atoms with Crippen LogP contribution in [0.3, 0.4) is 0 Å². The lowest BCUT2D eigenvalue weighted by Gasteiger charge is -2.45. The molecule has 0 aromatic rings. The van der Waals surface area contributed by atoms with E-state index in [9.17, 15) is 9.59 Å². The van der Waals surface area contributed by atoms with Gasteiger partial charge in [0.15, 0.2) is 6.17 Å². The Bertz CT molecular complexity index is 558. The summed E-state index contributed by atoms with van der Waals surface area (Å²) in [6, 6.07) is 0.930. The van der Waals surface area contributed by atoms with E-state index in [-0.39, 0.29) is 24.4 Å². The van der Waals surface area contributed by atoms with Crippen LogP contribution in [0.15, 0.2) is 0 Å². The number of nitrogens with one attached hydrogen (secondary N) is 1. The predicted octanol–water partition coefficient (Wildman–Crippen LogP) is 2.30. The first kappa shape index (κ1) is 15.7. The summed E-state index contributed by atoms with van der Waals surface area (Å²) in [5.74, 6) is 0. The molecule has 5 aliphatic rings. The molecule has 25 heavy (non-hydrogen) atoms. The van der Waals surface area contributed by atoms with Crippen LogP contribution in [0.5, 0.6) is 0 Å². The molecule has 138 valence electrons. The van der Waals surface area contributed by atoms with Crippen molar-refractivity contribution < 1.29 is 9.59 Å². The fourth-order valence-corrected chi connectivity index (χ4v) is 5.65. The Hall–Kier alpha value is -1.50. The molecular weight excluding hydrogens is 318 g/mol. The number of nitrogens with zero attached hydrogens (tertiary/aromatic N) is 4. The van der Waals surface area contributed by atoms with Crippen LogP contribution in [0, 0.1) is 0 Å². The topological polar surface area (TPSA) is 59.1 Å². The monoisotopic (exact) mass is 347 g/mol. The van der Waals surface area contributed by atoms with Crippen molar-refractivity contribution in [2.24, 2.45) is 0 Å². The Morgan fingerprint density at radius 1 is 0.760 bits per heavy atom. The molecule has 2 unspecified atom stereocenters. The third-order valence-electron chi connectivity index (χ3n) is 6.95. The van der Waals surface area contributed by atoms with E-state index in [1.807, 2.05) is 14.7 Å². The quantitative estimate of drug-likeness (QED) is 0.834. The molecule has 0 spiro atoms. The van der Waals surface area contributed by atoms with Gasteiger partial charge in [-0.2, -0.15) is 0 Å². The second kappa shape index (κ2) is 6.04. The molecule has 2 atom stereocenters. The lowest BCUT2D eigenvalue weighted by molar-refractivity contribution is -0.0390. The van der Waals surface area contributed by atoms with Gasteiger partial charge in [-0.25, -0.2) is 9.59 Å². The standard InChI is InChI=1S/C18H29N5O2/c24-17-19-15-16-21(17)11-20(13-7-3-1-4-8-13)12-22(16)18(25)23(15)14-9-5-2-6-10-14/h13-16H,1-12H2,(H,19,24). The molecule has 0 radical (unpaired) electrons. The first-order valence-electron chi connectivity index (χ1n) is 10.1. The maximum atomic E-state index is 13.2. The zero-order chi connectivity index (χ0) is 17.0. The molecule has 3 aliphatic heterocycles. The molecule has 3 heterocycles. The summed E-state index contributed by atoms with van der Waals surface area (Å²) in [4.78, 5) is 34.0.